The fourth-order valence-electron chi connectivity index (χ4n) is 2.19. The van der Waals surface area contributed by atoms with Crippen molar-refractivity contribution in [3.63, 3.8) is 0 Å². The first-order chi connectivity index (χ1) is 10.2. The van der Waals surface area contributed by atoms with Crippen molar-refractivity contribution >= 4 is 18.0 Å². The van der Waals surface area contributed by atoms with Gasteiger partial charge in [-0.05, 0) is 30.3 Å². The maximum absolute atomic E-state index is 13.0. The second kappa shape index (κ2) is 5.24. The van der Waals surface area contributed by atoms with Crippen molar-refractivity contribution in [1.82, 2.24) is 0 Å². The third-order valence-corrected chi connectivity index (χ3v) is 3.17. The van der Waals surface area contributed by atoms with Gasteiger partial charge in [-0.25, -0.2) is 9.40 Å². The molecule has 106 valence electrons. The van der Waals surface area contributed by atoms with E-state index in [2.05, 4.69) is 5.10 Å². The van der Waals surface area contributed by atoms with Crippen LogP contribution in [0.15, 0.2) is 53.6 Å². The molecule has 2 aromatic carbocycles. The second-order valence-corrected chi connectivity index (χ2v) is 4.48. The molecule has 1 heterocycles. The van der Waals surface area contributed by atoms with Crippen molar-refractivity contribution in [2.24, 2.45) is 10.8 Å². The molecule has 5 nitrogen and oxygen atoms in total. The number of primary amides is 1. The van der Waals surface area contributed by atoms with Gasteiger partial charge in [-0.2, -0.15) is 0 Å². The quantitative estimate of drug-likeness (QED) is 0.941. The average molecular weight is 285 g/mol. The van der Waals surface area contributed by atoms with Gasteiger partial charge in [0, 0.05) is 11.1 Å². The standard InChI is InChI=1S/C15H12FN3O2/c16-10-5-7-11(8-6-10)19-15(21-9-18-19)13-4-2-1-3-12(13)14(17)20/h1-9,15H,(H2,17,20). The van der Waals surface area contributed by atoms with E-state index in [-0.39, 0.29) is 5.82 Å². The summed E-state index contributed by atoms with van der Waals surface area (Å²) in [6, 6.07) is 12.7. The molecule has 0 aliphatic carbocycles. The number of nitrogens with two attached hydrogens (primary N) is 1. The lowest BCUT2D eigenvalue weighted by Crippen LogP contribution is -2.24. The van der Waals surface area contributed by atoms with Crippen LogP contribution in [-0.4, -0.2) is 12.3 Å². The van der Waals surface area contributed by atoms with Gasteiger partial charge in [0.15, 0.2) is 6.40 Å². The molecular formula is C15H12FN3O2. The molecule has 0 aromatic heterocycles. The number of anilines is 1. The van der Waals surface area contributed by atoms with E-state index >= 15 is 0 Å². The molecule has 1 aliphatic heterocycles. The molecule has 0 fully saturated rings. The third kappa shape index (κ3) is 2.43. The average Bonchev–Trinajstić information content (AvgIpc) is 2.97. The van der Waals surface area contributed by atoms with E-state index in [1.807, 2.05) is 0 Å². The highest BCUT2D eigenvalue weighted by Gasteiger charge is 2.28. The molecule has 0 spiro atoms. The first-order valence-corrected chi connectivity index (χ1v) is 6.28. The van der Waals surface area contributed by atoms with Gasteiger partial charge in [-0.1, -0.05) is 18.2 Å². The lowest BCUT2D eigenvalue weighted by atomic mass is 10.1. The van der Waals surface area contributed by atoms with E-state index in [9.17, 15) is 9.18 Å². The fourth-order valence-corrected chi connectivity index (χ4v) is 2.19. The molecule has 3 rings (SSSR count). The smallest absolute Gasteiger partial charge is 0.249 e. The predicted molar refractivity (Wildman–Crippen MR) is 76.2 cm³/mol. The maximum atomic E-state index is 13.0. The third-order valence-electron chi connectivity index (χ3n) is 3.17. The Morgan fingerprint density at radius 3 is 2.62 bits per heavy atom. The molecule has 1 amide bonds. The van der Waals surface area contributed by atoms with Crippen LogP contribution >= 0.6 is 0 Å². The molecule has 0 saturated carbocycles. The van der Waals surface area contributed by atoms with Crippen LogP contribution < -0.4 is 10.7 Å². The number of carbonyl (C=O) groups excluding carboxylic acids is 1. The number of ether oxygens (including phenoxy) is 1. The molecule has 0 saturated heterocycles. The van der Waals surface area contributed by atoms with E-state index in [0.717, 1.165) is 0 Å². The minimum absolute atomic E-state index is 0.336. The Morgan fingerprint density at radius 2 is 1.90 bits per heavy atom. The molecule has 2 aromatic rings. The van der Waals surface area contributed by atoms with Crippen molar-refractivity contribution in [1.29, 1.82) is 0 Å². The van der Waals surface area contributed by atoms with Gasteiger partial charge in [0.2, 0.25) is 12.1 Å². The Hall–Kier alpha value is -2.89. The molecule has 0 bridgehead atoms. The zero-order valence-electron chi connectivity index (χ0n) is 10.9. The Bertz CT molecular complexity index is 700. The minimum Gasteiger partial charge on any atom is -0.452 e. The monoisotopic (exact) mass is 285 g/mol. The summed E-state index contributed by atoms with van der Waals surface area (Å²) in [6.45, 7) is 0. The Balaban J connectivity index is 1.99. The van der Waals surface area contributed by atoms with Crippen LogP contribution in [0.5, 0.6) is 0 Å². The van der Waals surface area contributed by atoms with Gasteiger partial charge in [-0.3, -0.25) is 4.79 Å². The van der Waals surface area contributed by atoms with Crippen LogP contribution in [0.2, 0.25) is 0 Å². The molecule has 0 radical (unpaired) electrons. The molecule has 6 heteroatoms. The van der Waals surface area contributed by atoms with Crippen molar-refractivity contribution in [3.8, 4) is 0 Å². The van der Waals surface area contributed by atoms with Gasteiger partial charge in [0.1, 0.15) is 5.82 Å². The summed E-state index contributed by atoms with van der Waals surface area (Å²) in [5.41, 5.74) is 7.00. The lowest BCUT2D eigenvalue weighted by Gasteiger charge is -2.23. The number of benzene rings is 2. The highest BCUT2D eigenvalue weighted by Crippen LogP contribution is 2.32. The fraction of sp³-hybridized carbons (Fsp3) is 0.0667. The van der Waals surface area contributed by atoms with Crippen LogP contribution in [0.4, 0.5) is 10.1 Å². The zero-order valence-corrected chi connectivity index (χ0v) is 10.9. The SMILES string of the molecule is NC(=O)c1ccccc1C1OC=NN1c1ccc(F)cc1. The number of rotatable bonds is 3. The van der Waals surface area contributed by atoms with Gasteiger partial charge < -0.3 is 10.5 Å². The van der Waals surface area contributed by atoms with Crippen LogP contribution in [-0.2, 0) is 4.74 Å². The Labute approximate surface area is 120 Å². The number of carbonyl (C=O) groups is 1. The predicted octanol–water partition coefficient (Wildman–Crippen LogP) is 2.40. The topological polar surface area (TPSA) is 67.9 Å². The summed E-state index contributed by atoms with van der Waals surface area (Å²) in [7, 11) is 0. The number of nitrogens with zero attached hydrogens (tertiary/aromatic N) is 2. The largest absolute Gasteiger partial charge is 0.452 e. The van der Waals surface area contributed by atoms with Crippen LogP contribution in [0.3, 0.4) is 0 Å². The van der Waals surface area contributed by atoms with Crippen LogP contribution in [0.25, 0.3) is 0 Å². The van der Waals surface area contributed by atoms with E-state index in [1.165, 1.54) is 18.5 Å². The molecule has 2 N–H and O–H groups in total. The summed E-state index contributed by atoms with van der Waals surface area (Å²) in [6.07, 6.45) is 0.672. The van der Waals surface area contributed by atoms with Gasteiger partial charge >= 0.3 is 0 Å². The summed E-state index contributed by atoms with van der Waals surface area (Å²) < 4.78 is 18.5. The van der Waals surface area contributed by atoms with Crippen molar-refractivity contribution in [2.75, 3.05) is 5.01 Å². The molecule has 1 unspecified atom stereocenters. The first kappa shape index (κ1) is 13.1. The summed E-state index contributed by atoms with van der Waals surface area (Å²) in [5.74, 6) is -0.878. The van der Waals surface area contributed by atoms with Crippen molar-refractivity contribution in [2.45, 2.75) is 6.23 Å². The highest BCUT2D eigenvalue weighted by molar-refractivity contribution is 5.94. The molecule has 21 heavy (non-hydrogen) atoms. The first-order valence-electron chi connectivity index (χ1n) is 6.28. The van der Waals surface area contributed by atoms with Gasteiger partial charge in [0.05, 0.1) is 5.69 Å². The summed E-state index contributed by atoms with van der Waals surface area (Å²) >= 11 is 0. The second-order valence-electron chi connectivity index (χ2n) is 4.48. The molecular weight excluding hydrogens is 273 g/mol. The molecule has 1 atom stereocenters. The van der Waals surface area contributed by atoms with Crippen LogP contribution in [0.1, 0.15) is 22.1 Å². The van der Waals surface area contributed by atoms with E-state index in [4.69, 9.17) is 10.5 Å². The van der Waals surface area contributed by atoms with E-state index in [0.29, 0.717) is 16.8 Å². The number of hydrazone groups is 1. The van der Waals surface area contributed by atoms with Crippen LogP contribution in [0, 0.1) is 5.82 Å². The number of halogens is 1. The molecule has 1 aliphatic rings. The maximum Gasteiger partial charge on any atom is 0.249 e. The van der Waals surface area contributed by atoms with Crippen molar-refractivity contribution in [3.05, 3.63) is 65.5 Å². The zero-order chi connectivity index (χ0) is 14.8. The Morgan fingerprint density at radius 1 is 1.19 bits per heavy atom. The number of hydrogen-bond donors (Lipinski definition) is 1. The number of hydrogen-bond acceptors (Lipinski definition) is 4. The minimum atomic E-state index is -0.612. The van der Waals surface area contributed by atoms with E-state index in [1.54, 1.807) is 41.4 Å². The normalized spacial score (nSPS) is 16.8. The highest BCUT2D eigenvalue weighted by atomic mass is 19.1. The lowest BCUT2D eigenvalue weighted by molar-refractivity contribution is 0.0995. The Kier molecular flexibility index (Phi) is 3.27. The number of amides is 1. The van der Waals surface area contributed by atoms with Gasteiger partial charge in [-0.15, -0.1) is 5.10 Å². The summed E-state index contributed by atoms with van der Waals surface area (Å²) in [4.78, 5) is 11.5. The van der Waals surface area contributed by atoms with Gasteiger partial charge in [0.25, 0.3) is 0 Å². The summed E-state index contributed by atoms with van der Waals surface area (Å²) in [5, 5.41) is 5.66. The van der Waals surface area contributed by atoms with E-state index < -0.39 is 12.1 Å². The van der Waals surface area contributed by atoms with Crippen molar-refractivity contribution < 1.29 is 13.9 Å².